The second kappa shape index (κ2) is 8.65. The molecule has 29 heavy (non-hydrogen) atoms. The van der Waals surface area contributed by atoms with Gasteiger partial charge in [-0.15, -0.1) is 0 Å². The zero-order valence-corrected chi connectivity index (χ0v) is 16.5. The second-order valence-electron chi connectivity index (χ2n) is 7.47. The molecule has 2 aliphatic rings. The van der Waals surface area contributed by atoms with Crippen LogP contribution in [-0.4, -0.2) is 59.9 Å². The van der Waals surface area contributed by atoms with Gasteiger partial charge in [-0.1, -0.05) is 6.07 Å². The summed E-state index contributed by atoms with van der Waals surface area (Å²) in [5.74, 6) is 1.28. The number of anilines is 1. The van der Waals surface area contributed by atoms with Crippen LogP contribution in [0.3, 0.4) is 0 Å². The molecule has 0 saturated carbocycles. The number of likely N-dealkylation sites (tertiary alicyclic amines) is 1. The van der Waals surface area contributed by atoms with Crippen molar-refractivity contribution >= 4 is 17.6 Å². The molecule has 2 aromatic rings. The summed E-state index contributed by atoms with van der Waals surface area (Å²) in [7, 11) is 1.59. The fourth-order valence-corrected chi connectivity index (χ4v) is 3.93. The van der Waals surface area contributed by atoms with E-state index >= 15 is 0 Å². The van der Waals surface area contributed by atoms with Crippen LogP contribution < -0.4 is 10.1 Å². The van der Waals surface area contributed by atoms with Crippen molar-refractivity contribution < 1.29 is 19.1 Å². The molecule has 2 fully saturated rings. The molecule has 154 valence electrons. The summed E-state index contributed by atoms with van der Waals surface area (Å²) in [6.07, 6.45) is 4.03. The number of amides is 2. The summed E-state index contributed by atoms with van der Waals surface area (Å²) in [6, 6.07) is 9.20. The first kappa shape index (κ1) is 19.4. The minimum atomic E-state index is -0.0966. The van der Waals surface area contributed by atoms with Crippen molar-refractivity contribution in [2.75, 3.05) is 38.7 Å². The molecule has 3 heterocycles. The molecule has 0 bridgehead atoms. The Morgan fingerprint density at radius 3 is 2.76 bits per heavy atom. The highest BCUT2D eigenvalue weighted by Crippen LogP contribution is 2.27. The Hall–Kier alpha value is -2.87. The van der Waals surface area contributed by atoms with E-state index in [4.69, 9.17) is 9.47 Å². The van der Waals surface area contributed by atoms with Crippen molar-refractivity contribution in [1.29, 1.82) is 0 Å². The molecular formula is C21H26N4O4. The molecule has 2 amide bonds. The molecular weight excluding hydrogens is 372 g/mol. The zero-order chi connectivity index (χ0) is 20.2. The lowest BCUT2D eigenvalue weighted by Gasteiger charge is -2.33. The molecule has 0 unspecified atom stereocenters. The molecule has 1 aromatic carbocycles. The summed E-state index contributed by atoms with van der Waals surface area (Å²) in [6.45, 7) is 2.40. The van der Waals surface area contributed by atoms with Crippen molar-refractivity contribution in [3.05, 3.63) is 42.1 Å². The van der Waals surface area contributed by atoms with Gasteiger partial charge >= 0.3 is 0 Å². The van der Waals surface area contributed by atoms with Crippen molar-refractivity contribution in [2.45, 2.75) is 25.3 Å². The van der Waals surface area contributed by atoms with Crippen molar-refractivity contribution in [3.63, 3.8) is 0 Å². The lowest BCUT2D eigenvalue weighted by molar-refractivity contribution is -0.119. The van der Waals surface area contributed by atoms with Crippen LogP contribution in [0.5, 0.6) is 5.75 Å². The summed E-state index contributed by atoms with van der Waals surface area (Å²) in [4.78, 5) is 27.1. The Bertz CT molecular complexity index is 867. The maximum atomic E-state index is 12.8. The molecule has 0 radical (unpaired) electrons. The largest absolute Gasteiger partial charge is 0.497 e. The van der Waals surface area contributed by atoms with Gasteiger partial charge < -0.3 is 19.7 Å². The van der Waals surface area contributed by atoms with Crippen LogP contribution in [0.2, 0.25) is 0 Å². The Labute approximate surface area is 169 Å². The Kier molecular flexibility index (Phi) is 5.80. The number of piperidine rings is 1. The number of hydrogen-bond acceptors (Lipinski definition) is 5. The molecule has 2 aliphatic heterocycles. The van der Waals surface area contributed by atoms with Gasteiger partial charge in [0, 0.05) is 31.3 Å². The first-order chi connectivity index (χ1) is 14.2. The number of hydrogen-bond donors (Lipinski definition) is 1. The van der Waals surface area contributed by atoms with Gasteiger partial charge in [0.25, 0.3) is 5.91 Å². The lowest BCUT2D eigenvalue weighted by atomic mass is 10.0. The number of nitrogens with one attached hydrogen (secondary N) is 1. The van der Waals surface area contributed by atoms with Crippen LogP contribution in [0.25, 0.3) is 0 Å². The van der Waals surface area contributed by atoms with Gasteiger partial charge in [0.1, 0.15) is 11.6 Å². The highest BCUT2D eigenvalue weighted by atomic mass is 16.5. The third-order valence-corrected chi connectivity index (χ3v) is 5.64. The smallest absolute Gasteiger partial charge is 0.253 e. The van der Waals surface area contributed by atoms with E-state index in [0.717, 1.165) is 19.3 Å². The van der Waals surface area contributed by atoms with E-state index in [2.05, 4.69) is 10.4 Å². The van der Waals surface area contributed by atoms with Crippen LogP contribution >= 0.6 is 0 Å². The fraction of sp³-hybridized carbons (Fsp3) is 0.476. The SMILES string of the molecule is COc1cccc(C(=O)N2CCC(n3nccc3NC(=O)[C@@H]3CCOC3)CC2)c1. The minimum absolute atomic E-state index is 0.0116. The molecule has 1 aromatic heterocycles. The van der Waals surface area contributed by atoms with Crippen LogP contribution in [0.4, 0.5) is 5.82 Å². The monoisotopic (exact) mass is 398 g/mol. The Morgan fingerprint density at radius 2 is 2.03 bits per heavy atom. The first-order valence-corrected chi connectivity index (χ1v) is 10.0. The van der Waals surface area contributed by atoms with Crippen molar-refractivity contribution in [1.82, 2.24) is 14.7 Å². The van der Waals surface area contributed by atoms with Gasteiger partial charge in [-0.05, 0) is 37.5 Å². The Morgan fingerprint density at radius 1 is 1.21 bits per heavy atom. The predicted molar refractivity (Wildman–Crippen MR) is 107 cm³/mol. The van der Waals surface area contributed by atoms with Gasteiger partial charge in [-0.2, -0.15) is 5.10 Å². The average molecular weight is 398 g/mol. The fourth-order valence-electron chi connectivity index (χ4n) is 3.93. The first-order valence-electron chi connectivity index (χ1n) is 10.0. The van der Waals surface area contributed by atoms with Gasteiger partial charge in [0.15, 0.2) is 0 Å². The van der Waals surface area contributed by atoms with Gasteiger partial charge in [-0.3, -0.25) is 9.59 Å². The normalized spacial score (nSPS) is 19.9. The van der Waals surface area contributed by atoms with E-state index in [0.29, 0.717) is 43.4 Å². The number of rotatable bonds is 5. The van der Waals surface area contributed by atoms with Crippen LogP contribution in [0, 0.1) is 5.92 Å². The predicted octanol–water partition coefficient (Wildman–Crippen LogP) is 2.34. The summed E-state index contributed by atoms with van der Waals surface area (Å²) in [5, 5.41) is 7.41. The molecule has 4 rings (SSSR count). The zero-order valence-electron chi connectivity index (χ0n) is 16.5. The van der Waals surface area contributed by atoms with Gasteiger partial charge in [0.05, 0.1) is 31.9 Å². The number of carbonyl (C=O) groups is 2. The number of benzene rings is 1. The van der Waals surface area contributed by atoms with Crippen LogP contribution in [-0.2, 0) is 9.53 Å². The molecule has 8 heteroatoms. The molecule has 1 atom stereocenters. The number of carbonyl (C=O) groups excluding carboxylic acids is 2. The van der Waals surface area contributed by atoms with Gasteiger partial charge in [-0.25, -0.2) is 4.68 Å². The van der Waals surface area contributed by atoms with E-state index in [9.17, 15) is 9.59 Å². The summed E-state index contributed by atoms with van der Waals surface area (Å²) < 4.78 is 12.4. The minimum Gasteiger partial charge on any atom is -0.497 e. The lowest BCUT2D eigenvalue weighted by Crippen LogP contribution is -2.39. The molecule has 0 spiro atoms. The highest BCUT2D eigenvalue weighted by Gasteiger charge is 2.28. The number of nitrogens with zero attached hydrogens (tertiary/aromatic N) is 3. The number of aromatic nitrogens is 2. The summed E-state index contributed by atoms with van der Waals surface area (Å²) in [5.41, 5.74) is 0.633. The van der Waals surface area contributed by atoms with E-state index < -0.39 is 0 Å². The third-order valence-electron chi connectivity index (χ3n) is 5.64. The van der Waals surface area contributed by atoms with Crippen LogP contribution in [0.1, 0.15) is 35.7 Å². The quantitative estimate of drug-likeness (QED) is 0.836. The topological polar surface area (TPSA) is 85.7 Å². The van der Waals surface area contributed by atoms with E-state index in [1.54, 1.807) is 19.4 Å². The molecule has 2 saturated heterocycles. The Balaban J connectivity index is 1.37. The molecule has 1 N–H and O–H groups in total. The summed E-state index contributed by atoms with van der Waals surface area (Å²) >= 11 is 0. The second-order valence-corrected chi connectivity index (χ2v) is 7.47. The highest BCUT2D eigenvalue weighted by molar-refractivity contribution is 5.94. The number of methoxy groups -OCH3 is 1. The van der Waals surface area contributed by atoms with E-state index in [1.807, 2.05) is 33.8 Å². The molecule has 0 aliphatic carbocycles. The van der Waals surface area contributed by atoms with E-state index in [1.165, 1.54) is 0 Å². The van der Waals surface area contributed by atoms with Gasteiger partial charge in [0.2, 0.25) is 5.91 Å². The molecule has 8 nitrogen and oxygen atoms in total. The maximum Gasteiger partial charge on any atom is 0.253 e. The number of ether oxygens (including phenoxy) is 2. The van der Waals surface area contributed by atoms with Crippen molar-refractivity contribution in [2.24, 2.45) is 5.92 Å². The average Bonchev–Trinajstić information content (AvgIpc) is 3.46. The van der Waals surface area contributed by atoms with E-state index in [-0.39, 0.29) is 23.8 Å². The van der Waals surface area contributed by atoms with Crippen molar-refractivity contribution in [3.8, 4) is 5.75 Å². The third kappa shape index (κ3) is 4.27. The standard InChI is InChI=1S/C21H26N4O4/c1-28-18-4-2-3-15(13-18)21(27)24-10-6-17(7-11-24)25-19(5-9-22-25)23-20(26)16-8-12-29-14-16/h2-5,9,13,16-17H,6-8,10-12,14H2,1H3,(H,23,26)/t16-/m1/s1. The maximum absolute atomic E-state index is 12.8. The van der Waals surface area contributed by atoms with Crippen LogP contribution in [0.15, 0.2) is 36.5 Å².